The topological polar surface area (TPSA) is 120 Å². The van der Waals surface area contributed by atoms with Gasteiger partial charge in [0.2, 0.25) is 11.8 Å². The number of ketones is 2. The van der Waals surface area contributed by atoms with Crippen LogP contribution in [0.3, 0.4) is 0 Å². The molecule has 13 heteroatoms. The highest BCUT2D eigenvalue weighted by molar-refractivity contribution is 6.91. The quantitative estimate of drug-likeness (QED) is 0.0460. The average molecular weight is 1380 g/mol. The van der Waals surface area contributed by atoms with E-state index < -0.39 is 39.8 Å². The van der Waals surface area contributed by atoms with Crippen LogP contribution in [-0.2, 0) is 31.5 Å². The van der Waals surface area contributed by atoms with Crippen LogP contribution in [0.4, 0.5) is 0 Å². The zero-order valence-corrected chi connectivity index (χ0v) is 69.5. The minimum Gasteiger partial charge on any atom is -0.436 e. The minimum atomic E-state index is -2.97. The number of unbranched alkanes of at least 4 members (excludes halogenated alkanes) is 43. The lowest BCUT2D eigenvalue weighted by atomic mass is 9.85. The Balaban J connectivity index is 6.02. The molecule has 0 heterocycles. The molecule has 6 unspecified atom stereocenters. The Morgan fingerprint density at radius 3 is 0.946 bits per heavy atom. The molecule has 0 aromatic rings. The van der Waals surface area contributed by atoms with Gasteiger partial charge in [-0.15, -0.1) is 0 Å². The molecule has 0 rings (SSSR count). The van der Waals surface area contributed by atoms with E-state index in [0.29, 0.717) is 13.0 Å². The summed E-state index contributed by atoms with van der Waals surface area (Å²) in [6, 6.07) is -0.501. The molecule has 0 radical (unpaired) electrons. The number of nitrogens with one attached hydrogen (secondary N) is 2. The number of carbonyl (C=O) groups excluding carboxylic acids is 4. The first-order valence-corrected chi connectivity index (χ1v) is 52.8. The SMILES string of the molecule is CCCCCCCCCCCCCCCCCCCC(=O)C(NC(=O)C(CCCCCCCCC)[Si](C)(C)O[Si](C)(C)O[Si](C)(C)O[Si](C)(C)C(CCCCCCCCC)C(=O)CC(C(=O)NCCCCCCCCCCCCCCCCCC)C(C)CC)C(C)CC. The number of hydrogen-bond donors (Lipinski definition) is 2. The van der Waals surface area contributed by atoms with E-state index in [0.717, 1.165) is 83.5 Å². The summed E-state index contributed by atoms with van der Waals surface area (Å²) in [6.45, 7) is 35.7. The normalized spacial score (nSPS) is 14.5. The molecule has 0 aliphatic rings. The molecule has 0 aromatic carbocycles. The van der Waals surface area contributed by atoms with Crippen LogP contribution < -0.4 is 10.6 Å². The second-order valence-electron chi connectivity index (χ2n) is 31.7. The van der Waals surface area contributed by atoms with Crippen molar-refractivity contribution in [3.63, 3.8) is 0 Å². The number of rotatable bonds is 70. The van der Waals surface area contributed by atoms with Crippen LogP contribution >= 0.6 is 0 Å². The highest BCUT2D eigenvalue weighted by Gasteiger charge is 2.50. The Labute approximate surface area is 585 Å². The maximum absolute atomic E-state index is 15.1. The third kappa shape index (κ3) is 49.3. The van der Waals surface area contributed by atoms with E-state index in [1.165, 1.54) is 244 Å². The third-order valence-corrected chi connectivity index (χ3v) is 37.5. The van der Waals surface area contributed by atoms with Crippen LogP contribution in [0, 0.1) is 17.8 Å². The van der Waals surface area contributed by atoms with Crippen molar-refractivity contribution >= 4 is 57.1 Å². The molecule has 0 aromatic heterocycles. The summed E-state index contributed by atoms with van der Waals surface area (Å²) < 4.78 is 22.0. The van der Waals surface area contributed by atoms with Crippen LogP contribution in [-0.4, -0.2) is 69.7 Å². The third-order valence-electron chi connectivity index (χ3n) is 20.9. The first-order valence-electron chi connectivity index (χ1n) is 41.2. The predicted molar refractivity (Wildman–Crippen MR) is 416 cm³/mol. The van der Waals surface area contributed by atoms with Gasteiger partial charge in [-0.3, -0.25) is 19.2 Å². The van der Waals surface area contributed by atoms with Gasteiger partial charge in [0, 0.05) is 30.8 Å². The average Bonchev–Trinajstić information content (AvgIpc) is 0.814. The van der Waals surface area contributed by atoms with Gasteiger partial charge in [0.25, 0.3) is 0 Å². The van der Waals surface area contributed by atoms with Gasteiger partial charge in [-0.25, -0.2) is 0 Å². The molecule has 552 valence electrons. The Kier molecular flexibility index (Phi) is 58.2. The molecule has 0 bridgehead atoms. The van der Waals surface area contributed by atoms with E-state index in [4.69, 9.17) is 12.3 Å². The number of Topliss-reactive ketones (excluding diaryl/α,β-unsaturated/α-hetero) is 2. The summed E-state index contributed by atoms with van der Waals surface area (Å²) in [4.78, 5) is 58.4. The first kappa shape index (κ1) is 92.0. The van der Waals surface area contributed by atoms with E-state index in [1.807, 2.05) is 0 Å². The summed E-state index contributed by atoms with van der Waals surface area (Å²) >= 11 is 0. The zero-order chi connectivity index (χ0) is 69.5. The van der Waals surface area contributed by atoms with E-state index >= 15 is 4.79 Å². The van der Waals surface area contributed by atoms with E-state index in [1.54, 1.807) is 0 Å². The first-order chi connectivity index (χ1) is 44.5. The molecule has 93 heavy (non-hydrogen) atoms. The second-order valence-corrected chi connectivity index (χ2v) is 47.6. The molecule has 9 nitrogen and oxygen atoms in total. The molecule has 2 N–H and O–H groups in total. The summed E-state index contributed by atoms with van der Waals surface area (Å²) in [5, 5.41) is 6.71. The molecule has 6 atom stereocenters. The van der Waals surface area contributed by atoms with Crippen molar-refractivity contribution in [2.45, 2.75) is 465 Å². The fourth-order valence-electron chi connectivity index (χ4n) is 14.8. The number of hydrogen-bond acceptors (Lipinski definition) is 7. The molecule has 0 spiro atoms. The monoisotopic (exact) mass is 1380 g/mol. The molecule has 0 fully saturated rings. The Bertz CT molecular complexity index is 1660. The van der Waals surface area contributed by atoms with Gasteiger partial charge >= 0.3 is 17.1 Å². The number of amides is 2. The molecular formula is C80H164N2O7Si4. The van der Waals surface area contributed by atoms with Crippen LogP contribution in [0.15, 0.2) is 0 Å². The van der Waals surface area contributed by atoms with Crippen LogP contribution in [0.25, 0.3) is 0 Å². The van der Waals surface area contributed by atoms with Crippen LogP contribution in [0.1, 0.15) is 396 Å². The summed E-state index contributed by atoms with van der Waals surface area (Å²) in [6.07, 6.45) is 63.7. The predicted octanol–water partition coefficient (Wildman–Crippen LogP) is 26.0. The highest BCUT2D eigenvalue weighted by Crippen LogP contribution is 2.39. The van der Waals surface area contributed by atoms with Crippen molar-refractivity contribution in [1.29, 1.82) is 0 Å². The maximum Gasteiger partial charge on any atom is 0.312 e. The molecule has 0 saturated heterocycles. The van der Waals surface area contributed by atoms with Gasteiger partial charge in [0.05, 0.1) is 11.6 Å². The van der Waals surface area contributed by atoms with E-state index in [-0.39, 0.29) is 58.6 Å². The summed E-state index contributed by atoms with van der Waals surface area (Å²) in [5.74, 6) is 0.127. The van der Waals surface area contributed by atoms with Gasteiger partial charge < -0.3 is 23.0 Å². The van der Waals surface area contributed by atoms with Crippen LogP contribution in [0.2, 0.25) is 63.5 Å². The maximum atomic E-state index is 15.1. The lowest BCUT2D eigenvalue weighted by Crippen LogP contribution is -2.59. The van der Waals surface area contributed by atoms with Gasteiger partial charge in [-0.05, 0) is 89.9 Å². The number of carbonyl (C=O) groups is 4. The molecule has 0 saturated carbocycles. The zero-order valence-electron chi connectivity index (χ0n) is 65.5. The largest absolute Gasteiger partial charge is 0.436 e. The van der Waals surface area contributed by atoms with Gasteiger partial charge in [-0.2, -0.15) is 0 Å². The molecule has 0 aliphatic carbocycles. The van der Waals surface area contributed by atoms with E-state index in [9.17, 15) is 14.4 Å². The smallest absolute Gasteiger partial charge is 0.312 e. The summed E-state index contributed by atoms with van der Waals surface area (Å²) in [7, 11) is -11.6. The van der Waals surface area contributed by atoms with E-state index in [2.05, 4.69) is 118 Å². The Morgan fingerprint density at radius 2 is 0.613 bits per heavy atom. The van der Waals surface area contributed by atoms with Crippen LogP contribution in [0.5, 0.6) is 0 Å². The minimum absolute atomic E-state index is 0.0267. The van der Waals surface area contributed by atoms with Gasteiger partial charge in [0.1, 0.15) is 5.78 Å². The van der Waals surface area contributed by atoms with Crippen molar-refractivity contribution < 1.29 is 31.5 Å². The lowest BCUT2D eigenvalue weighted by Gasteiger charge is -2.44. The summed E-state index contributed by atoms with van der Waals surface area (Å²) in [5.41, 5.74) is -0.599. The lowest BCUT2D eigenvalue weighted by molar-refractivity contribution is -0.131. The fraction of sp³-hybridized carbons (Fsp3) is 0.950. The highest BCUT2D eigenvalue weighted by atomic mass is 28.5. The van der Waals surface area contributed by atoms with Gasteiger partial charge in [-0.1, -0.05) is 357 Å². The second kappa shape index (κ2) is 58.8. The Morgan fingerprint density at radius 1 is 0.323 bits per heavy atom. The van der Waals surface area contributed by atoms with Crippen molar-refractivity contribution in [2.75, 3.05) is 6.54 Å². The Hall–Kier alpha value is -0.972. The molecule has 0 aliphatic heterocycles. The van der Waals surface area contributed by atoms with Gasteiger partial charge in [0.15, 0.2) is 22.4 Å². The molecule has 2 amide bonds. The standard InChI is InChI=1S/C80H164N2O7Si4/c1-17-23-27-31-35-37-39-41-43-45-46-48-50-52-56-58-62-66-74(83)78(72(8)22-6)82-80(86)77(68-64-60-55-34-30-26-20-4)91(11,12)88-93(15,16)89-92(13,14)87-90(9,10)76(67-63-59-54-33-29-25-19-3)75(84)70-73(71(7)21-5)79(85)81-69-65-61-57-53-51-49-47-44-42-40-38-36-32-28-24-18-2/h71-73,76-78H,17-70H2,1-16H3,(H,81,85)(H,82,86). The molecular weight excluding hydrogens is 1210 g/mol. The van der Waals surface area contributed by atoms with Crippen molar-refractivity contribution in [1.82, 2.24) is 10.6 Å². The van der Waals surface area contributed by atoms with Crippen molar-refractivity contribution in [3.8, 4) is 0 Å². The van der Waals surface area contributed by atoms with Crippen molar-refractivity contribution in [2.24, 2.45) is 17.8 Å². The fourth-order valence-corrected chi connectivity index (χ4v) is 35.3. The van der Waals surface area contributed by atoms with Crippen molar-refractivity contribution in [3.05, 3.63) is 0 Å².